The van der Waals surface area contributed by atoms with Gasteiger partial charge in [-0.3, -0.25) is 0 Å². The zero-order chi connectivity index (χ0) is 45.1. The third-order valence-corrected chi connectivity index (χ3v) is 13.0. The predicted octanol–water partition coefficient (Wildman–Crippen LogP) is 12.0. The molecule has 0 atom stereocenters. The van der Waals surface area contributed by atoms with E-state index in [9.17, 15) is 10.5 Å². The van der Waals surface area contributed by atoms with Crippen LogP contribution in [-0.2, 0) is 0 Å². The fourth-order valence-electron chi connectivity index (χ4n) is 10.3. The van der Waals surface area contributed by atoms with Gasteiger partial charge in [0.05, 0.1) is 56.7 Å². The van der Waals surface area contributed by atoms with E-state index in [1.807, 2.05) is 97.1 Å². The summed E-state index contributed by atoms with van der Waals surface area (Å²) in [6.07, 6.45) is 0. The number of fused-ring (bicyclic) bond motifs is 10. The Morgan fingerprint density at radius 3 is 1.25 bits per heavy atom. The average Bonchev–Trinajstić information content (AvgIpc) is 3.88. The van der Waals surface area contributed by atoms with E-state index in [2.05, 4.69) is 94.1 Å². The molecule has 13 rings (SSSR count). The monoisotopic (exact) mass is 819 g/mol. The van der Waals surface area contributed by atoms with E-state index >= 15 is 0 Å². The van der Waals surface area contributed by atoms with Crippen molar-refractivity contribution in [1.29, 1.82) is 10.5 Å². The molecule has 0 N–H and O–H groups in total. The number of hydrogen-bond acceptors (Lipinski definition) is 4. The Labute approximate surface area is 372 Å². The molecule has 0 fully saturated rings. The maximum absolute atomic E-state index is 10.2. The molecule has 0 spiro atoms. The number of ether oxygens (including phenoxy) is 2. The molecule has 2 aliphatic rings. The van der Waals surface area contributed by atoms with Crippen LogP contribution >= 0.6 is 0 Å². The summed E-state index contributed by atoms with van der Waals surface area (Å²) in [6, 6.07) is 65.1. The zero-order valence-electron chi connectivity index (χ0n) is 37.0. The van der Waals surface area contributed by atoms with Crippen molar-refractivity contribution in [3.05, 3.63) is 199 Å². The number of benzene rings is 9. The molecule has 0 saturated carbocycles. The van der Waals surface area contributed by atoms with Crippen LogP contribution in [0, 0.1) is 29.5 Å². The van der Waals surface area contributed by atoms with Crippen molar-refractivity contribution in [3.8, 4) is 68.8 Å². The Bertz CT molecular complexity index is 3680. The summed E-state index contributed by atoms with van der Waals surface area (Å²) in [5, 5.41) is 24.8. The summed E-state index contributed by atoms with van der Waals surface area (Å²) >= 11 is 0. The van der Waals surface area contributed by atoms with Crippen molar-refractivity contribution in [3.63, 3.8) is 0 Å². The first-order valence-electron chi connectivity index (χ1n) is 22.6. The van der Waals surface area contributed by atoms with Crippen LogP contribution in [-0.4, -0.2) is 15.8 Å². The molecule has 64 heavy (non-hydrogen) atoms. The number of hydrogen-bond donors (Lipinski definition) is 0. The van der Waals surface area contributed by atoms with Gasteiger partial charge in [0.15, 0.2) is 0 Å². The standard InChI is InChI=1S/C57H33BN4O2/c1-34-26-55-57-56(27-34)64-54-31-38(44-29-36(33-60)19-25-52(44)62-49-16-8-4-12-41(49)42-13-5-9-17-50(42)62)21-23-46(54)58(57)45-22-20-37(30-53(45)63-55)43-28-35(32-59)18-24-51(43)61-47-14-6-2-10-39(47)40-11-3-7-15-48(40)61/h2-31H,1H3/i1D3. The Morgan fingerprint density at radius 1 is 0.453 bits per heavy atom. The second kappa shape index (κ2) is 13.6. The van der Waals surface area contributed by atoms with Crippen LogP contribution in [0.1, 0.15) is 20.8 Å². The predicted molar refractivity (Wildman–Crippen MR) is 258 cm³/mol. The smallest absolute Gasteiger partial charge is 0.260 e. The molecule has 2 aromatic heterocycles. The normalized spacial score (nSPS) is 13.2. The van der Waals surface area contributed by atoms with Gasteiger partial charge in [0.25, 0.3) is 6.71 Å². The quantitative estimate of drug-likeness (QED) is 0.166. The lowest BCUT2D eigenvalue weighted by Crippen LogP contribution is -2.57. The van der Waals surface area contributed by atoms with Crippen molar-refractivity contribution in [1.82, 2.24) is 9.13 Å². The largest absolute Gasteiger partial charge is 0.458 e. The molecule has 0 unspecified atom stereocenters. The maximum Gasteiger partial charge on any atom is 0.260 e. The van der Waals surface area contributed by atoms with Crippen molar-refractivity contribution in [2.45, 2.75) is 6.85 Å². The van der Waals surface area contributed by atoms with Crippen LogP contribution in [0.3, 0.4) is 0 Å². The van der Waals surface area contributed by atoms with E-state index in [1.54, 1.807) is 12.1 Å². The first kappa shape index (κ1) is 32.9. The fraction of sp³-hybridized carbons (Fsp3) is 0.0175. The topological polar surface area (TPSA) is 75.9 Å². The van der Waals surface area contributed by atoms with Gasteiger partial charge in [0.2, 0.25) is 0 Å². The van der Waals surface area contributed by atoms with E-state index in [-0.39, 0.29) is 12.3 Å². The lowest BCUT2D eigenvalue weighted by atomic mass is 9.34. The Kier molecular flexibility index (Phi) is 7.00. The molecule has 0 aliphatic carbocycles. The third-order valence-electron chi connectivity index (χ3n) is 13.0. The van der Waals surface area contributed by atoms with Crippen molar-refractivity contribution in [2.24, 2.45) is 0 Å². The highest BCUT2D eigenvalue weighted by Crippen LogP contribution is 2.42. The minimum Gasteiger partial charge on any atom is -0.458 e. The van der Waals surface area contributed by atoms with Gasteiger partial charge in [-0.2, -0.15) is 10.5 Å². The van der Waals surface area contributed by atoms with Gasteiger partial charge in [-0.05, 0) is 119 Å². The highest BCUT2D eigenvalue weighted by Gasteiger charge is 2.40. The van der Waals surface area contributed by atoms with E-state index < -0.39 is 6.85 Å². The molecule has 2 aliphatic heterocycles. The minimum atomic E-state index is -2.44. The van der Waals surface area contributed by atoms with Gasteiger partial charge in [-0.15, -0.1) is 0 Å². The summed E-state index contributed by atoms with van der Waals surface area (Å²) in [5.41, 5.74) is 13.0. The van der Waals surface area contributed by atoms with Crippen LogP contribution in [0.25, 0.3) is 77.2 Å². The summed E-state index contributed by atoms with van der Waals surface area (Å²) in [6.45, 7) is -2.81. The van der Waals surface area contributed by atoms with Gasteiger partial charge in [-0.25, -0.2) is 0 Å². The van der Waals surface area contributed by atoms with Gasteiger partial charge in [0.1, 0.15) is 23.0 Å². The molecule has 6 nitrogen and oxygen atoms in total. The van der Waals surface area contributed by atoms with E-state index in [0.717, 1.165) is 93.6 Å². The Hall–Kier alpha value is -8.78. The minimum absolute atomic E-state index is 0.102. The fourth-order valence-corrected chi connectivity index (χ4v) is 10.3. The number of nitrogens with zero attached hydrogens (tertiary/aromatic N) is 4. The number of aryl methyl sites for hydroxylation is 1. The van der Waals surface area contributed by atoms with Crippen LogP contribution in [0.2, 0.25) is 0 Å². The number of para-hydroxylation sites is 4. The van der Waals surface area contributed by atoms with Crippen molar-refractivity contribution in [2.75, 3.05) is 0 Å². The van der Waals surface area contributed by atoms with Crippen molar-refractivity contribution < 1.29 is 13.6 Å². The highest BCUT2D eigenvalue weighted by atomic mass is 16.5. The van der Waals surface area contributed by atoms with Crippen molar-refractivity contribution >= 4 is 66.7 Å². The SMILES string of the molecule is [2H]C([2H])([2H])c1cc2c3c(c1)Oc1cc(-c4cc(C#N)ccc4-n4c5ccccc5c5ccccc54)ccc1B3c1ccc(-c3cc(C#N)ccc3-n3c4ccccc4c4ccccc43)cc1O2. The Balaban J connectivity index is 0.994. The van der Waals surface area contributed by atoms with Crippen LogP contribution in [0.15, 0.2) is 182 Å². The number of rotatable bonds is 4. The van der Waals surface area contributed by atoms with Gasteiger partial charge in [-0.1, -0.05) is 97.1 Å². The van der Waals surface area contributed by atoms with E-state index in [4.69, 9.17) is 13.6 Å². The maximum atomic E-state index is 10.2. The molecule has 0 bridgehead atoms. The van der Waals surface area contributed by atoms with Crippen LogP contribution < -0.4 is 25.9 Å². The van der Waals surface area contributed by atoms with Gasteiger partial charge < -0.3 is 18.6 Å². The van der Waals surface area contributed by atoms with E-state index in [0.29, 0.717) is 34.1 Å². The Morgan fingerprint density at radius 2 is 0.859 bits per heavy atom. The van der Waals surface area contributed by atoms with Gasteiger partial charge in [0, 0.05) is 42.2 Å². The number of nitriles is 2. The molecular weight excluding hydrogens is 783 g/mol. The summed E-state index contributed by atoms with van der Waals surface area (Å²) < 4.78 is 43.4. The molecule has 0 amide bonds. The van der Waals surface area contributed by atoms with Crippen LogP contribution in [0.5, 0.6) is 23.0 Å². The first-order chi connectivity index (χ1) is 32.7. The summed E-state index contributed by atoms with van der Waals surface area (Å²) in [7, 11) is 0. The molecule has 7 heteroatoms. The lowest BCUT2D eigenvalue weighted by Gasteiger charge is -2.33. The second-order valence-corrected chi connectivity index (χ2v) is 16.5. The van der Waals surface area contributed by atoms with E-state index in [1.165, 1.54) is 0 Å². The molecule has 4 heterocycles. The second-order valence-electron chi connectivity index (χ2n) is 16.5. The number of aromatic nitrogens is 2. The molecular formula is C57H33BN4O2. The molecule has 0 saturated heterocycles. The third kappa shape index (κ3) is 5.19. The molecule has 296 valence electrons. The summed E-state index contributed by atoms with van der Waals surface area (Å²) in [4.78, 5) is 0. The highest BCUT2D eigenvalue weighted by molar-refractivity contribution is 6.98. The first-order valence-corrected chi connectivity index (χ1v) is 21.1. The molecule has 9 aromatic carbocycles. The van der Waals surface area contributed by atoms with Gasteiger partial charge >= 0.3 is 0 Å². The molecule has 11 aromatic rings. The van der Waals surface area contributed by atoms with Crippen LogP contribution in [0.4, 0.5) is 0 Å². The summed E-state index contributed by atoms with van der Waals surface area (Å²) in [5.74, 6) is 1.98. The average molecular weight is 820 g/mol. The lowest BCUT2D eigenvalue weighted by molar-refractivity contribution is 0.464. The molecule has 0 radical (unpaired) electrons. The zero-order valence-corrected chi connectivity index (χ0v) is 34.0.